The van der Waals surface area contributed by atoms with Crippen molar-refractivity contribution in [2.24, 2.45) is 0 Å². The molecule has 2 heteroatoms. The highest BCUT2D eigenvalue weighted by Crippen LogP contribution is 2.33. The highest BCUT2D eigenvalue weighted by molar-refractivity contribution is 7.17. The Kier molecular flexibility index (Phi) is 2.50. The van der Waals surface area contributed by atoms with Crippen LogP contribution in [0.2, 0.25) is 0 Å². The molecular formula is C15H10OS. The van der Waals surface area contributed by atoms with Gasteiger partial charge in [-0.15, -0.1) is 11.3 Å². The van der Waals surface area contributed by atoms with Gasteiger partial charge in [0, 0.05) is 15.8 Å². The van der Waals surface area contributed by atoms with Crippen molar-refractivity contribution >= 4 is 27.7 Å². The Balaban J connectivity index is 2.34. The zero-order valence-corrected chi connectivity index (χ0v) is 9.91. The van der Waals surface area contributed by atoms with Gasteiger partial charge in [-0.05, 0) is 22.4 Å². The molecule has 0 unspecified atom stereocenters. The van der Waals surface area contributed by atoms with Gasteiger partial charge in [0.1, 0.15) is 0 Å². The van der Waals surface area contributed by atoms with Crippen molar-refractivity contribution in [3.05, 3.63) is 59.5 Å². The molecule has 0 spiro atoms. The van der Waals surface area contributed by atoms with Crippen molar-refractivity contribution in [3.8, 4) is 11.1 Å². The first-order valence-electron chi connectivity index (χ1n) is 5.41. The lowest BCUT2D eigenvalue weighted by molar-refractivity contribution is 0.112. The summed E-state index contributed by atoms with van der Waals surface area (Å²) in [6, 6.07) is 16.0. The van der Waals surface area contributed by atoms with E-state index in [0.29, 0.717) is 0 Å². The third kappa shape index (κ3) is 1.67. The van der Waals surface area contributed by atoms with Gasteiger partial charge in [-0.2, -0.15) is 0 Å². The van der Waals surface area contributed by atoms with Crippen molar-refractivity contribution in [1.82, 2.24) is 0 Å². The molecule has 3 rings (SSSR count). The number of benzene rings is 2. The number of hydrogen-bond donors (Lipinski definition) is 0. The van der Waals surface area contributed by atoms with Gasteiger partial charge in [-0.25, -0.2) is 0 Å². The van der Waals surface area contributed by atoms with E-state index < -0.39 is 0 Å². The quantitative estimate of drug-likeness (QED) is 0.605. The molecule has 0 fully saturated rings. The number of rotatable bonds is 2. The zero-order valence-electron chi connectivity index (χ0n) is 9.09. The lowest BCUT2D eigenvalue weighted by Gasteiger charge is -2.05. The van der Waals surface area contributed by atoms with Crippen LogP contribution >= 0.6 is 11.3 Å². The second-order valence-corrected chi connectivity index (χ2v) is 4.77. The Bertz CT molecular complexity index is 682. The summed E-state index contributed by atoms with van der Waals surface area (Å²) >= 11 is 1.71. The summed E-state index contributed by atoms with van der Waals surface area (Å²) < 4.78 is 1.24. The average molecular weight is 238 g/mol. The molecule has 0 atom stereocenters. The predicted molar refractivity (Wildman–Crippen MR) is 72.6 cm³/mol. The van der Waals surface area contributed by atoms with Crippen LogP contribution in [-0.2, 0) is 0 Å². The molecule has 2 aromatic carbocycles. The van der Waals surface area contributed by atoms with Gasteiger partial charge in [0.25, 0.3) is 0 Å². The molecule has 3 aromatic rings. The maximum Gasteiger partial charge on any atom is 0.150 e. The van der Waals surface area contributed by atoms with Gasteiger partial charge in [0.05, 0.1) is 0 Å². The van der Waals surface area contributed by atoms with Crippen LogP contribution < -0.4 is 0 Å². The number of carbonyl (C=O) groups excluding carboxylic acids is 1. The van der Waals surface area contributed by atoms with Crippen molar-refractivity contribution < 1.29 is 4.79 Å². The van der Waals surface area contributed by atoms with E-state index in [4.69, 9.17) is 0 Å². The lowest BCUT2D eigenvalue weighted by Crippen LogP contribution is -1.86. The highest BCUT2D eigenvalue weighted by Gasteiger charge is 2.08. The number of carbonyl (C=O) groups is 1. The van der Waals surface area contributed by atoms with Crippen LogP contribution in [0.1, 0.15) is 10.4 Å². The minimum absolute atomic E-state index is 0.744. The Morgan fingerprint density at radius 3 is 2.59 bits per heavy atom. The van der Waals surface area contributed by atoms with Crippen LogP contribution in [0.25, 0.3) is 21.2 Å². The zero-order chi connectivity index (χ0) is 11.7. The first-order valence-corrected chi connectivity index (χ1v) is 6.29. The summed E-state index contributed by atoms with van der Waals surface area (Å²) in [5.41, 5.74) is 2.89. The van der Waals surface area contributed by atoms with Crippen LogP contribution in [0, 0.1) is 0 Å². The van der Waals surface area contributed by atoms with Gasteiger partial charge in [0.2, 0.25) is 0 Å². The van der Waals surface area contributed by atoms with Crippen LogP contribution in [-0.4, -0.2) is 6.29 Å². The number of aldehydes is 1. The minimum Gasteiger partial charge on any atom is -0.298 e. The van der Waals surface area contributed by atoms with Crippen molar-refractivity contribution in [2.45, 2.75) is 0 Å². The fourth-order valence-electron chi connectivity index (χ4n) is 2.05. The standard InChI is InChI=1S/C15H10OS/c16-10-12-4-1-2-6-13(12)14-7-3-5-11-8-9-17-15(11)14/h1-10H. The maximum absolute atomic E-state index is 11.1. The number of fused-ring (bicyclic) bond motifs is 1. The summed E-state index contributed by atoms with van der Waals surface area (Å²) in [6.45, 7) is 0. The van der Waals surface area contributed by atoms with Crippen molar-refractivity contribution in [2.75, 3.05) is 0 Å². The molecule has 0 aliphatic rings. The monoisotopic (exact) mass is 238 g/mol. The molecule has 17 heavy (non-hydrogen) atoms. The van der Waals surface area contributed by atoms with Gasteiger partial charge in [-0.3, -0.25) is 4.79 Å². The first kappa shape index (κ1) is 10.2. The Morgan fingerprint density at radius 1 is 0.882 bits per heavy atom. The fourth-order valence-corrected chi connectivity index (χ4v) is 2.98. The van der Waals surface area contributed by atoms with E-state index in [1.54, 1.807) is 11.3 Å². The van der Waals surface area contributed by atoms with E-state index in [1.165, 1.54) is 10.1 Å². The van der Waals surface area contributed by atoms with E-state index in [2.05, 4.69) is 23.6 Å². The molecule has 0 saturated carbocycles. The molecule has 0 radical (unpaired) electrons. The van der Waals surface area contributed by atoms with Crippen LogP contribution in [0.3, 0.4) is 0 Å². The van der Waals surface area contributed by atoms with Crippen LogP contribution in [0.5, 0.6) is 0 Å². The normalized spacial score (nSPS) is 10.6. The molecule has 0 N–H and O–H groups in total. The summed E-state index contributed by atoms with van der Waals surface area (Å²) in [5, 5.41) is 3.31. The van der Waals surface area contributed by atoms with Crippen molar-refractivity contribution in [1.29, 1.82) is 0 Å². The predicted octanol–water partition coefficient (Wildman–Crippen LogP) is 4.38. The van der Waals surface area contributed by atoms with Gasteiger partial charge in [0.15, 0.2) is 6.29 Å². The Morgan fingerprint density at radius 2 is 1.71 bits per heavy atom. The SMILES string of the molecule is O=Cc1ccccc1-c1cccc2ccsc12. The second-order valence-electron chi connectivity index (χ2n) is 3.85. The minimum atomic E-state index is 0.744. The maximum atomic E-state index is 11.1. The molecule has 1 nitrogen and oxygen atoms in total. The highest BCUT2D eigenvalue weighted by atomic mass is 32.1. The molecule has 0 bridgehead atoms. The molecule has 0 amide bonds. The molecule has 1 heterocycles. The fraction of sp³-hybridized carbons (Fsp3) is 0. The third-order valence-electron chi connectivity index (χ3n) is 2.86. The smallest absolute Gasteiger partial charge is 0.150 e. The molecule has 0 aliphatic carbocycles. The van der Waals surface area contributed by atoms with E-state index in [1.807, 2.05) is 30.3 Å². The number of thiophene rings is 1. The van der Waals surface area contributed by atoms with E-state index in [9.17, 15) is 4.79 Å². The van der Waals surface area contributed by atoms with Gasteiger partial charge in [-0.1, -0.05) is 42.5 Å². The molecule has 0 aliphatic heterocycles. The van der Waals surface area contributed by atoms with Crippen LogP contribution in [0.4, 0.5) is 0 Å². The third-order valence-corrected chi connectivity index (χ3v) is 3.82. The largest absolute Gasteiger partial charge is 0.298 e. The van der Waals surface area contributed by atoms with Crippen LogP contribution in [0.15, 0.2) is 53.9 Å². The van der Waals surface area contributed by atoms with E-state index >= 15 is 0 Å². The summed E-state index contributed by atoms with van der Waals surface area (Å²) in [6.07, 6.45) is 0.918. The van der Waals surface area contributed by atoms with Gasteiger partial charge < -0.3 is 0 Å². The Labute approximate surface area is 103 Å². The first-order chi connectivity index (χ1) is 8.40. The average Bonchev–Trinajstić information content (AvgIpc) is 2.86. The second kappa shape index (κ2) is 4.15. The summed E-state index contributed by atoms with van der Waals surface area (Å²) in [4.78, 5) is 11.1. The number of hydrogen-bond acceptors (Lipinski definition) is 2. The summed E-state index contributed by atoms with van der Waals surface area (Å²) in [5.74, 6) is 0. The van der Waals surface area contributed by atoms with E-state index in [0.717, 1.165) is 23.0 Å². The van der Waals surface area contributed by atoms with E-state index in [-0.39, 0.29) is 0 Å². The lowest BCUT2D eigenvalue weighted by atomic mass is 9.99. The molecule has 82 valence electrons. The summed E-state index contributed by atoms with van der Waals surface area (Å²) in [7, 11) is 0. The van der Waals surface area contributed by atoms with Gasteiger partial charge >= 0.3 is 0 Å². The molecule has 1 aromatic heterocycles. The topological polar surface area (TPSA) is 17.1 Å². The Hall–Kier alpha value is -1.93. The molecule has 0 saturated heterocycles. The van der Waals surface area contributed by atoms with Crippen molar-refractivity contribution in [3.63, 3.8) is 0 Å². The molecular weight excluding hydrogens is 228 g/mol.